The third kappa shape index (κ3) is 8.00. The molecular formula is C13H25NO4Si. The van der Waals surface area contributed by atoms with E-state index in [1.165, 1.54) is 0 Å². The molecule has 0 unspecified atom stereocenters. The van der Waals surface area contributed by atoms with Gasteiger partial charge in [0.2, 0.25) is 5.91 Å². The quantitative estimate of drug-likeness (QED) is 0.356. The molecule has 0 aliphatic carbocycles. The Morgan fingerprint density at radius 2 is 1.68 bits per heavy atom. The second-order valence-corrected chi connectivity index (χ2v) is 6.55. The molecule has 19 heavy (non-hydrogen) atoms. The molecule has 0 radical (unpaired) electrons. The Hall–Kier alpha value is -0.873. The van der Waals surface area contributed by atoms with Gasteiger partial charge in [-0.15, -0.1) is 6.42 Å². The predicted molar refractivity (Wildman–Crippen MR) is 76.5 cm³/mol. The Bertz CT molecular complexity index is 274. The minimum atomic E-state index is -2.58. The normalized spacial score (nSPS) is 11.1. The van der Waals surface area contributed by atoms with Gasteiger partial charge in [-0.3, -0.25) is 4.79 Å². The Balaban J connectivity index is 4.17. The monoisotopic (exact) mass is 287 g/mol. The highest BCUT2D eigenvalue weighted by Gasteiger charge is 2.39. The Labute approximate surface area is 117 Å². The third-order valence-corrected chi connectivity index (χ3v) is 5.49. The summed E-state index contributed by atoms with van der Waals surface area (Å²) in [4.78, 5) is 11.2. The molecule has 0 bridgehead atoms. The van der Waals surface area contributed by atoms with Crippen molar-refractivity contribution in [2.45, 2.75) is 39.7 Å². The van der Waals surface area contributed by atoms with E-state index in [2.05, 4.69) is 11.2 Å². The van der Waals surface area contributed by atoms with Crippen molar-refractivity contribution in [1.29, 1.82) is 0 Å². The van der Waals surface area contributed by atoms with Crippen LogP contribution in [0.4, 0.5) is 0 Å². The Morgan fingerprint density at radius 3 is 2.11 bits per heavy atom. The maximum absolute atomic E-state index is 11.2. The number of hydrogen-bond acceptors (Lipinski definition) is 4. The van der Waals surface area contributed by atoms with Crippen LogP contribution in [-0.4, -0.2) is 41.1 Å². The van der Waals surface area contributed by atoms with Gasteiger partial charge in [0.05, 0.1) is 6.42 Å². The minimum Gasteiger partial charge on any atom is -0.374 e. The molecule has 1 N–H and O–H groups in total. The lowest BCUT2D eigenvalue weighted by atomic mass is 10.4. The molecule has 0 heterocycles. The van der Waals surface area contributed by atoms with E-state index < -0.39 is 8.80 Å². The second kappa shape index (κ2) is 11.0. The zero-order valence-electron chi connectivity index (χ0n) is 12.2. The maximum atomic E-state index is 11.2. The van der Waals surface area contributed by atoms with Gasteiger partial charge in [0, 0.05) is 32.4 Å². The fraction of sp³-hybridized carbons (Fsp3) is 0.769. The van der Waals surface area contributed by atoms with Crippen LogP contribution in [0.15, 0.2) is 0 Å². The van der Waals surface area contributed by atoms with Gasteiger partial charge >= 0.3 is 8.80 Å². The van der Waals surface area contributed by atoms with Crippen LogP contribution < -0.4 is 5.32 Å². The first-order valence-corrected chi connectivity index (χ1v) is 8.69. The summed E-state index contributed by atoms with van der Waals surface area (Å²) in [6.45, 7) is 8.03. The van der Waals surface area contributed by atoms with Crippen molar-refractivity contribution in [3.05, 3.63) is 0 Å². The van der Waals surface area contributed by atoms with Crippen molar-refractivity contribution in [3.8, 4) is 12.3 Å². The Morgan fingerprint density at radius 1 is 1.16 bits per heavy atom. The first-order chi connectivity index (χ1) is 9.14. The van der Waals surface area contributed by atoms with Crippen molar-refractivity contribution < 1.29 is 18.1 Å². The topological polar surface area (TPSA) is 56.8 Å². The van der Waals surface area contributed by atoms with Gasteiger partial charge in [-0.1, -0.05) is 5.92 Å². The number of nitrogens with one attached hydrogen (secondary N) is 1. The van der Waals surface area contributed by atoms with Crippen LogP contribution in [0.3, 0.4) is 0 Å². The highest BCUT2D eigenvalue weighted by Crippen LogP contribution is 2.17. The molecule has 0 saturated carbocycles. The van der Waals surface area contributed by atoms with Gasteiger partial charge in [-0.2, -0.15) is 0 Å². The van der Waals surface area contributed by atoms with Crippen molar-refractivity contribution in [2.24, 2.45) is 0 Å². The molecule has 0 saturated heterocycles. The van der Waals surface area contributed by atoms with Crippen molar-refractivity contribution in [1.82, 2.24) is 5.32 Å². The molecule has 0 spiro atoms. The summed E-state index contributed by atoms with van der Waals surface area (Å²) in [5.74, 6) is 2.18. The van der Waals surface area contributed by atoms with Gasteiger partial charge in [0.25, 0.3) is 0 Å². The van der Waals surface area contributed by atoms with Gasteiger partial charge in [0.15, 0.2) is 0 Å². The van der Waals surface area contributed by atoms with Gasteiger partial charge in [0.1, 0.15) is 0 Å². The molecule has 6 heteroatoms. The highest BCUT2D eigenvalue weighted by atomic mass is 28.4. The van der Waals surface area contributed by atoms with Gasteiger partial charge < -0.3 is 18.6 Å². The van der Waals surface area contributed by atoms with E-state index in [9.17, 15) is 4.79 Å². The highest BCUT2D eigenvalue weighted by molar-refractivity contribution is 6.60. The van der Waals surface area contributed by atoms with Crippen LogP contribution in [-0.2, 0) is 18.1 Å². The lowest BCUT2D eigenvalue weighted by Crippen LogP contribution is -2.46. The van der Waals surface area contributed by atoms with Crippen molar-refractivity contribution in [3.63, 3.8) is 0 Å². The molecule has 0 atom stereocenters. The zero-order valence-corrected chi connectivity index (χ0v) is 13.2. The van der Waals surface area contributed by atoms with E-state index in [1.807, 2.05) is 20.8 Å². The van der Waals surface area contributed by atoms with Crippen LogP contribution in [0.1, 0.15) is 33.6 Å². The lowest BCUT2D eigenvalue weighted by Gasteiger charge is -2.28. The number of carbonyl (C=O) groups is 1. The minimum absolute atomic E-state index is 0.116. The standard InChI is InChI=1S/C13H25NO4Si/c1-5-10-13(15)14-11-9-12-19(16-6-2,17-7-3)18-8-4/h1H,6-12H2,2-4H3,(H,14,15). The lowest BCUT2D eigenvalue weighted by molar-refractivity contribution is -0.120. The number of terminal acetylenes is 1. The molecule has 0 fully saturated rings. The molecule has 0 aliphatic heterocycles. The molecule has 0 aliphatic rings. The zero-order chi connectivity index (χ0) is 14.6. The molecule has 0 aromatic rings. The van der Waals surface area contributed by atoms with Crippen molar-refractivity contribution >= 4 is 14.7 Å². The van der Waals surface area contributed by atoms with E-state index in [0.717, 1.165) is 6.42 Å². The molecule has 1 amide bonds. The summed E-state index contributed by atoms with van der Waals surface area (Å²) in [6.07, 6.45) is 5.93. The van der Waals surface area contributed by atoms with Crippen LogP contribution in [0.5, 0.6) is 0 Å². The summed E-state index contributed by atoms with van der Waals surface area (Å²) in [5.41, 5.74) is 0. The predicted octanol–water partition coefficient (Wildman–Crippen LogP) is 1.56. The molecular weight excluding hydrogens is 262 g/mol. The van der Waals surface area contributed by atoms with E-state index in [0.29, 0.717) is 32.4 Å². The maximum Gasteiger partial charge on any atom is 0.500 e. The molecule has 5 nitrogen and oxygen atoms in total. The smallest absolute Gasteiger partial charge is 0.374 e. The molecule has 0 aromatic heterocycles. The fourth-order valence-electron chi connectivity index (χ4n) is 1.69. The summed E-state index contributed by atoms with van der Waals surface area (Å²) in [7, 11) is -2.58. The number of amides is 1. The second-order valence-electron chi connectivity index (χ2n) is 3.82. The molecule has 110 valence electrons. The van der Waals surface area contributed by atoms with E-state index >= 15 is 0 Å². The van der Waals surface area contributed by atoms with Crippen LogP contribution in [0.2, 0.25) is 6.04 Å². The summed E-state index contributed by atoms with van der Waals surface area (Å²) in [6, 6.07) is 0.693. The molecule has 0 aromatic carbocycles. The number of hydrogen-bond donors (Lipinski definition) is 1. The average molecular weight is 287 g/mol. The van der Waals surface area contributed by atoms with E-state index in [4.69, 9.17) is 19.7 Å². The van der Waals surface area contributed by atoms with Gasteiger partial charge in [-0.05, 0) is 27.2 Å². The third-order valence-electron chi connectivity index (χ3n) is 2.34. The first-order valence-electron chi connectivity index (χ1n) is 6.76. The van der Waals surface area contributed by atoms with Crippen LogP contribution >= 0.6 is 0 Å². The molecule has 0 rings (SSSR count). The fourth-order valence-corrected chi connectivity index (χ4v) is 4.30. The summed E-state index contributed by atoms with van der Waals surface area (Å²) >= 11 is 0. The van der Waals surface area contributed by atoms with Crippen molar-refractivity contribution in [2.75, 3.05) is 26.4 Å². The van der Waals surface area contributed by atoms with E-state index in [-0.39, 0.29) is 12.3 Å². The SMILES string of the molecule is C#CCC(=O)NCCC[Si](OCC)(OCC)OCC. The summed E-state index contributed by atoms with van der Waals surface area (Å²) in [5, 5.41) is 2.76. The average Bonchev–Trinajstić information content (AvgIpc) is 2.36. The van der Waals surface area contributed by atoms with Crippen LogP contribution in [0, 0.1) is 12.3 Å². The van der Waals surface area contributed by atoms with E-state index in [1.54, 1.807) is 0 Å². The van der Waals surface area contributed by atoms with Gasteiger partial charge in [-0.25, -0.2) is 0 Å². The number of carbonyl (C=O) groups excluding carboxylic acids is 1. The Kier molecular flexibility index (Phi) is 10.5. The first kappa shape index (κ1) is 18.1. The summed E-state index contributed by atoms with van der Waals surface area (Å²) < 4.78 is 17.1. The van der Waals surface area contributed by atoms with Crippen LogP contribution in [0.25, 0.3) is 0 Å². The largest absolute Gasteiger partial charge is 0.500 e. The number of rotatable bonds is 11.